The zero-order valence-corrected chi connectivity index (χ0v) is 16.4. The summed E-state index contributed by atoms with van der Waals surface area (Å²) in [6.45, 7) is 2.05. The molecule has 1 N–H and O–H groups in total. The van der Waals surface area contributed by atoms with Crippen LogP contribution in [0.15, 0.2) is 48.5 Å². The topological polar surface area (TPSA) is 64.6 Å². The second-order valence-corrected chi connectivity index (χ2v) is 7.37. The zero-order valence-electron chi connectivity index (χ0n) is 15.6. The van der Waals surface area contributed by atoms with E-state index in [1.165, 1.54) is 16.9 Å². The standard InChI is InChI=1S/C22H19NO4S/c1-3-27-22(25)18-17-12-13-7-4-5-10-16(13)19(17)28-21(18)23-20(24)14-8-6-9-15(11-14)26-2/h4-11H,3,12H2,1-2H3,(H,23,24). The normalized spacial score (nSPS) is 11.5. The lowest BCUT2D eigenvalue weighted by Gasteiger charge is -2.09. The molecule has 0 saturated carbocycles. The van der Waals surface area contributed by atoms with Gasteiger partial charge in [-0.15, -0.1) is 11.3 Å². The number of thiophene rings is 1. The minimum Gasteiger partial charge on any atom is -0.497 e. The molecule has 1 aliphatic rings. The molecule has 4 rings (SSSR count). The van der Waals surface area contributed by atoms with E-state index in [-0.39, 0.29) is 12.5 Å². The van der Waals surface area contributed by atoms with Crippen LogP contribution >= 0.6 is 11.3 Å². The van der Waals surface area contributed by atoms with Crippen molar-refractivity contribution in [1.29, 1.82) is 0 Å². The van der Waals surface area contributed by atoms with Gasteiger partial charge in [-0.05, 0) is 41.8 Å². The average Bonchev–Trinajstić information content (AvgIpc) is 3.23. The minimum atomic E-state index is -0.409. The van der Waals surface area contributed by atoms with Gasteiger partial charge in [0, 0.05) is 16.9 Å². The smallest absolute Gasteiger partial charge is 0.341 e. The van der Waals surface area contributed by atoms with E-state index < -0.39 is 5.97 Å². The lowest BCUT2D eigenvalue weighted by atomic mass is 10.1. The molecule has 0 saturated heterocycles. The van der Waals surface area contributed by atoms with E-state index in [0.717, 1.165) is 16.0 Å². The Labute approximate surface area is 166 Å². The molecule has 2 aromatic carbocycles. The second-order valence-electron chi connectivity index (χ2n) is 6.35. The number of rotatable bonds is 5. The highest BCUT2D eigenvalue weighted by Gasteiger charge is 2.31. The van der Waals surface area contributed by atoms with Crippen molar-refractivity contribution in [2.24, 2.45) is 0 Å². The zero-order chi connectivity index (χ0) is 19.7. The van der Waals surface area contributed by atoms with Gasteiger partial charge in [0.05, 0.1) is 19.3 Å². The summed E-state index contributed by atoms with van der Waals surface area (Å²) >= 11 is 1.41. The molecular formula is C22H19NO4S. The van der Waals surface area contributed by atoms with Gasteiger partial charge in [-0.2, -0.15) is 0 Å². The van der Waals surface area contributed by atoms with Crippen LogP contribution < -0.4 is 10.1 Å². The first-order valence-corrected chi connectivity index (χ1v) is 9.80. The molecule has 5 nitrogen and oxygen atoms in total. The van der Waals surface area contributed by atoms with E-state index in [1.807, 2.05) is 18.2 Å². The largest absolute Gasteiger partial charge is 0.497 e. The second kappa shape index (κ2) is 7.48. The minimum absolute atomic E-state index is 0.277. The number of carbonyl (C=O) groups is 2. The Morgan fingerprint density at radius 3 is 2.75 bits per heavy atom. The Morgan fingerprint density at radius 1 is 1.14 bits per heavy atom. The van der Waals surface area contributed by atoms with Crippen molar-refractivity contribution in [3.8, 4) is 16.2 Å². The van der Waals surface area contributed by atoms with Crippen molar-refractivity contribution in [3.05, 3.63) is 70.8 Å². The number of hydrogen-bond donors (Lipinski definition) is 1. The number of fused-ring (bicyclic) bond motifs is 3. The maximum atomic E-state index is 12.8. The molecule has 0 unspecified atom stereocenters. The summed E-state index contributed by atoms with van der Waals surface area (Å²) in [5.41, 5.74) is 4.12. The molecule has 28 heavy (non-hydrogen) atoms. The number of benzene rings is 2. The Kier molecular flexibility index (Phi) is 4.88. The van der Waals surface area contributed by atoms with Gasteiger partial charge >= 0.3 is 5.97 Å². The van der Waals surface area contributed by atoms with E-state index in [0.29, 0.717) is 28.3 Å². The quantitative estimate of drug-likeness (QED) is 0.497. The van der Waals surface area contributed by atoms with E-state index in [2.05, 4.69) is 11.4 Å². The lowest BCUT2D eigenvalue weighted by Crippen LogP contribution is -2.15. The third-order valence-corrected chi connectivity index (χ3v) is 5.86. The molecule has 142 valence electrons. The van der Waals surface area contributed by atoms with Gasteiger partial charge in [-0.3, -0.25) is 4.79 Å². The first-order chi connectivity index (χ1) is 13.6. The predicted octanol–water partition coefficient (Wildman–Crippen LogP) is 4.76. The summed E-state index contributed by atoms with van der Waals surface area (Å²) in [5, 5.41) is 3.42. The van der Waals surface area contributed by atoms with E-state index >= 15 is 0 Å². The van der Waals surface area contributed by atoms with Gasteiger partial charge in [0.2, 0.25) is 0 Å². The first-order valence-electron chi connectivity index (χ1n) is 8.98. The Bertz CT molecular complexity index is 1070. The monoisotopic (exact) mass is 393 g/mol. The Morgan fingerprint density at radius 2 is 1.96 bits per heavy atom. The van der Waals surface area contributed by atoms with Gasteiger partial charge in [0.25, 0.3) is 5.91 Å². The third kappa shape index (κ3) is 3.16. The average molecular weight is 393 g/mol. The van der Waals surface area contributed by atoms with Gasteiger partial charge in [-0.1, -0.05) is 30.3 Å². The SMILES string of the molecule is CCOC(=O)c1c(NC(=O)c2cccc(OC)c2)sc2c1Cc1ccccc1-2. The van der Waals surface area contributed by atoms with E-state index in [9.17, 15) is 9.59 Å². The molecule has 1 amide bonds. The highest BCUT2D eigenvalue weighted by Crippen LogP contribution is 2.47. The first kappa shape index (κ1) is 18.3. The summed E-state index contributed by atoms with van der Waals surface area (Å²) in [6.07, 6.45) is 0.658. The number of hydrogen-bond acceptors (Lipinski definition) is 5. The van der Waals surface area contributed by atoms with Crippen LogP contribution in [0.1, 0.15) is 38.8 Å². The third-order valence-electron chi connectivity index (χ3n) is 4.67. The summed E-state index contributed by atoms with van der Waals surface area (Å²) in [6, 6.07) is 15.0. The van der Waals surface area contributed by atoms with Gasteiger partial charge < -0.3 is 14.8 Å². The van der Waals surface area contributed by atoms with Crippen molar-refractivity contribution in [2.45, 2.75) is 13.3 Å². The predicted molar refractivity (Wildman–Crippen MR) is 109 cm³/mol. The highest BCUT2D eigenvalue weighted by molar-refractivity contribution is 7.20. The Hall–Kier alpha value is -3.12. The fourth-order valence-electron chi connectivity index (χ4n) is 3.38. The molecule has 1 aliphatic carbocycles. The van der Waals surface area contributed by atoms with Crippen LogP contribution in [0.3, 0.4) is 0 Å². The summed E-state index contributed by atoms with van der Waals surface area (Å²) < 4.78 is 10.5. The van der Waals surface area contributed by atoms with Gasteiger partial charge in [-0.25, -0.2) is 4.79 Å². The number of amides is 1. The molecule has 0 aliphatic heterocycles. The van der Waals surface area contributed by atoms with Crippen molar-refractivity contribution in [2.75, 3.05) is 19.0 Å². The van der Waals surface area contributed by atoms with Crippen LogP contribution in [0.4, 0.5) is 5.00 Å². The molecule has 6 heteroatoms. The number of methoxy groups -OCH3 is 1. The maximum Gasteiger partial charge on any atom is 0.341 e. The fraction of sp³-hybridized carbons (Fsp3) is 0.182. The summed E-state index contributed by atoms with van der Waals surface area (Å²) in [7, 11) is 1.55. The van der Waals surface area contributed by atoms with Crippen molar-refractivity contribution in [3.63, 3.8) is 0 Å². The lowest BCUT2D eigenvalue weighted by molar-refractivity contribution is 0.0527. The number of esters is 1. The summed E-state index contributed by atoms with van der Waals surface area (Å²) in [4.78, 5) is 26.5. The van der Waals surface area contributed by atoms with Crippen LogP contribution in [0.25, 0.3) is 10.4 Å². The molecule has 0 atom stereocenters. The maximum absolute atomic E-state index is 12.8. The van der Waals surface area contributed by atoms with E-state index in [1.54, 1.807) is 38.3 Å². The molecular weight excluding hydrogens is 374 g/mol. The van der Waals surface area contributed by atoms with Crippen molar-refractivity contribution >= 4 is 28.2 Å². The number of carbonyl (C=O) groups excluding carboxylic acids is 2. The van der Waals surface area contributed by atoms with Gasteiger partial charge in [0.1, 0.15) is 10.8 Å². The molecule has 1 heterocycles. The van der Waals surface area contributed by atoms with E-state index in [4.69, 9.17) is 9.47 Å². The number of nitrogens with one attached hydrogen (secondary N) is 1. The molecule has 0 fully saturated rings. The number of ether oxygens (including phenoxy) is 2. The van der Waals surface area contributed by atoms with Crippen LogP contribution in [-0.4, -0.2) is 25.6 Å². The number of anilines is 1. The highest BCUT2D eigenvalue weighted by atomic mass is 32.1. The molecule has 0 radical (unpaired) electrons. The molecule has 3 aromatic rings. The molecule has 1 aromatic heterocycles. The van der Waals surface area contributed by atoms with Crippen molar-refractivity contribution in [1.82, 2.24) is 0 Å². The van der Waals surface area contributed by atoms with Crippen LogP contribution in [0.2, 0.25) is 0 Å². The fourth-order valence-corrected chi connectivity index (χ4v) is 4.65. The molecule has 0 spiro atoms. The summed E-state index contributed by atoms with van der Waals surface area (Å²) in [5.74, 6) is -0.104. The van der Waals surface area contributed by atoms with Crippen LogP contribution in [-0.2, 0) is 11.2 Å². The Balaban J connectivity index is 1.73. The van der Waals surface area contributed by atoms with Crippen LogP contribution in [0.5, 0.6) is 5.75 Å². The van der Waals surface area contributed by atoms with Crippen molar-refractivity contribution < 1.29 is 19.1 Å². The van der Waals surface area contributed by atoms with Crippen LogP contribution in [0, 0.1) is 0 Å². The van der Waals surface area contributed by atoms with Gasteiger partial charge in [0.15, 0.2) is 0 Å². The molecule has 0 bridgehead atoms.